The van der Waals surface area contributed by atoms with Crippen molar-refractivity contribution >= 4 is 27.7 Å². The summed E-state index contributed by atoms with van der Waals surface area (Å²) in [5, 5.41) is 10.6. The van der Waals surface area contributed by atoms with Crippen LogP contribution in [-0.2, 0) is 14.8 Å². The monoisotopic (exact) mass is 348 g/mol. The van der Waals surface area contributed by atoms with Crippen LogP contribution < -0.4 is 21.5 Å². The molecule has 0 bridgehead atoms. The van der Waals surface area contributed by atoms with Gasteiger partial charge in [-0.3, -0.25) is 4.79 Å². The van der Waals surface area contributed by atoms with E-state index in [1.165, 1.54) is 0 Å². The SMILES string of the molecule is C=CC(=O)NC1=CC(Nc2nc(N)ncc2S(N)(=O)=O)=CCC=C1. The maximum absolute atomic E-state index is 11.6. The number of nitrogen functional groups attached to an aromatic ring is 1. The number of nitrogens with two attached hydrogens (primary N) is 2. The number of amides is 1. The van der Waals surface area contributed by atoms with E-state index in [4.69, 9.17) is 10.9 Å². The average molecular weight is 348 g/mol. The zero-order chi connectivity index (χ0) is 17.7. The highest BCUT2D eigenvalue weighted by atomic mass is 32.2. The minimum absolute atomic E-state index is 0.0520. The van der Waals surface area contributed by atoms with Crippen LogP contribution in [0.1, 0.15) is 6.42 Å². The topological polar surface area (TPSA) is 153 Å². The summed E-state index contributed by atoms with van der Waals surface area (Å²) in [6, 6.07) is 0. The van der Waals surface area contributed by atoms with Crippen LogP contribution in [0.4, 0.5) is 11.8 Å². The molecule has 126 valence electrons. The predicted octanol–water partition coefficient (Wildman–Crippen LogP) is 0.148. The molecule has 1 aliphatic carbocycles. The molecule has 0 saturated heterocycles. The van der Waals surface area contributed by atoms with Gasteiger partial charge in [0, 0.05) is 11.4 Å². The van der Waals surface area contributed by atoms with Crippen LogP contribution in [0, 0.1) is 0 Å². The lowest BCUT2D eigenvalue weighted by atomic mass is 10.3. The van der Waals surface area contributed by atoms with Crippen LogP contribution in [0.5, 0.6) is 0 Å². The summed E-state index contributed by atoms with van der Waals surface area (Å²) < 4.78 is 23.2. The minimum atomic E-state index is -4.04. The van der Waals surface area contributed by atoms with Crippen molar-refractivity contribution < 1.29 is 13.2 Å². The molecule has 1 aliphatic rings. The third kappa shape index (κ3) is 4.51. The Morgan fingerprint density at radius 1 is 1.38 bits per heavy atom. The summed E-state index contributed by atoms with van der Waals surface area (Å²) in [6.07, 6.45) is 9.63. The van der Waals surface area contributed by atoms with Crippen molar-refractivity contribution in [3.05, 3.63) is 54.5 Å². The van der Waals surface area contributed by atoms with Gasteiger partial charge in [0.05, 0.1) is 6.20 Å². The highest BCUT2D eigenvalue weighted by molar-refractivity contribution is 7.89. The Labute approximate surface area is 138 Å². The predicted molar refractivity (Wildman–Crippen MR) is 89.7 cm³/mol. The van der Waals surface area contributed by atoms with Gasteiger partial charge in [-0.15, -0.1) is 0 Å². The van der Waals surface area contributed by atoms with Gasteiger partial charge in [0.15, 0.2) is 5.82 Å². The second-order valence-electron chi connectivity index (χ2n) is 4.70. The van der Waals surface area contributed by atoms with Gasteiger partial charge in [0.1, 0.15) is 4.90 Å². The van der Waals surface area contributed by atoms with Crippen LogP contribution in [0.3, 0.4) is 0 Å². The highest BCUT2D eigenvalue weighted by Crippen LogP contribution is 2.20. The molecule has 9 nitrogen and oxygen atoms in total. The van der Waals surface area contributed by atoms with Crippen molar-refractivity contribution in [3.63, 3.8) is 0 Å². The molecule has 10 heteroatoms. The van der Waals surface area contributed by atoms with Crippen molar-refractivity contribution in [2.45, 2.75) is 11.3 Å². The van der Waals surface area contributed by atoms with E-state index in [-0.39, 0.29) is 22.6 Å². The van der Waals surface area contributed by atoms with Crippen molar-refractivity contribution in [2.24, 2.45) is 5.14 Å². The van der Waals surface area contributed by atoms with Crippen molar-refractivity contribution in [1.29, 1.82) is 0 Å². The van der Waals surface area contributed by atoms with Gasteiger partial charge in [0.2, 0.25) is 21.9 Å². The Hall–Kier alpha value is -2.98. The first-order chi connectivity index (χ1) is 11.3. The fourth-order valence-corrected chi connectivity index (χ4v) is 2.41. The number of carbonyl (C=O) groups excluding carboxylic acids is 1. The first-order valence-electron chi connectivity index (χ1n) is 6.74. The summed E-state index contributed by atoms with van der Waals surface area (Å²) >= 11 is 0. The molecule has 6 N–H and O–H groups in total. The Bertz CT molecular complexity index is 870. The van der Waals surface area contributed by atoms with Crippen molar-refractivity contribution in [3.8, 4) is 0 Å². The number of sulfonamides is 1. The Morgan fingerprint density at radius 2 is 2.12 bits per heavy atom. The second-order valence-corrected chi connectivity index (χ2v) is 6.23. The quantitative estimate of drug-likeness (QED) is 0.552. The zero-order valence-corrected chi connectivity index (χ0v) is 13.4. The summed E-state index contributed by atoms with van der Waals surface area (Å²) in [5.74, 6) is -0.533. The number of hydrogen-bond acceptors (Lipinski definition) is 7. The molecule has 2 rings (SSSR count). The van der Waals surface area contributed by atoms with E-state index in [1.54, 1.807) is 18.2 Å². The first-order valence-corrected chi connectivity index (χ1v) is 8.28. The highest BCUT2D eigenvalue weighted by Gasteiger charge is 2.17. The first kappa shape index (κ1) is 17.4. The van der Waals surface area contributed by atoms with Gasteiger partial charge in [-0.1, -0.05) is 18.7 Å². The van der Waals surface area contributed by atoms with E-state index in [0.29, 0.717) is 17.8 Å². The molecular formula is C14H16N6O3S. The average Bonchev–Trinajstić information content (AvgIpc) is 2.71. The van der Waals surface area contributed by atoms with E-state index in [1.807, 2.05) is 6.08 Å². The summed E-state index contributed by atoms with van der Waals surface area (Å²) in [5.41, 5.74) is 6.50. The van der Waals surface area contributed by atoms with Gasteiger partial charge in [-0.05, 0) is 24.6 Å². The standard InChI is InChI=1S/C14H16N6O3S/c1-2-12(21)18-9-5-3-4-6-10(7-9)19-13-11(24(16,22)23)8-17-14(15)20-13/h2-3,5-8H,1,4H2,(H,18,21)(H2,16,22,23)(H3,15,17,19,20). The minimum Gasteiger partial charge on any atom is -0.368 e. The lowest BCUT2D eigenvalue weighted by Crippen LogP contribution is -2.20. The lowest BCUT2D eigenvalue weighted by Gasteiger charge is -2.11. The number of nitrogens with zero attached hydrogens (tertiary/aromatic N) is 2. The molecule has 0 fully saturated rings. The maximum atomic E-state index is 11.6. The van der Waals surface area contributed by atoms with Crippen LogP contribution in [0.25, 0.3) is 0 Å². The summed E-state index contributed by atoms with van der Waals surface area (Å²) in [4.78, 5) is 18.6. The summed E-state index contributed by atoms with van der Waals surface area (Å²) in [6.45, 7) is 3.38. The lowest BCUT2D eigenvalue weighted by molar-refractivity contribution is -0.115. The smallest absolute Gasteiger partial charge is 0.247 e. The fourth-order valence-electron chi connectivity index (χ4n) is 1.84. The summed E-state index contributed by atoms with van der Waals surface area (Å²) in [7, 11) is -4.04. The maximum Gasteiger partial charge on any atom is 0.247 e. The van der Waals surface area contributed by atoms with Crippen molar-refractivity contribution in [1.82, 2.24) is 15.3 Å². The molecule has 0 unspecified atom stereocenters. The van der Waals surface area contributed by atoms with E-state index >= 15 is 0 Å². The van der Waals surface area contributed by atoms with E-state index in [9.17, 15) is 13.2 Å². The van der Waals surface area contributed by atoms with Gasteiger partial charge in [0.25, 0.3) is 0 Å². The van der Waals surface area contributed by atoms with E-state index < -0.39 is 10.0 Å². The molecule has 1 aromatic rings. The zero-order valence-electron chi connectivity index (χ0n) is 12.6. The molecule has 0 atom stereocenters. The van der Waals surface area contributed by atoms with Gasteiger partial charge in [-0.2, -0.15) is 4.98 Å². The molecule has 0 radical (unpaired) electrons. The van der Waals surface area contributed by atoms with Crippen LogP contribution >= 0.6 is 0 Å². The number of allylic oxidation sites excluding steroid dienone is 4. The normalized spacial score (nSPS) is 14.2. The molecule has 0 saturated carbocycles. The van der Waals surface area contributed by atoms with E-state index in [2.05, 4.69) is 27.2 Å². The van der Waals surface area contributed by atoms with Crippen molar-refractivity contribution in [2.75, 3.05) is 11.1 Å². The number of anilines is 2. The third-order valence-electron chi connectivity index (χ3n) is 2.88. The number of hydrogen-bond donors (Lipinski definition) is 4. The number of aromatic nitrogens is 2. The van der Waals surface area contributed by atoms with Crippen LogP contribution in [-0.4, -0.2) is 24.3 Å². The number of primary sulfonamides is 1. The molecule has 24 heavy (non-hydrogen) atoms. The fraction of sp³-hybridized carbons (Fsp3) is 0.0714. The Balaban J connectivity index is 2.35. The van der Waals surface area contributed by atoms with Crippen LogP contribution in [0.2, 0.25) is 0 Å². The van der Waals surface area contributed by atoms with E-state index in [0.717, 1.165) is 12.3 Å². The van der Waals surface area contributed by atoms with Gasteiger partial charge < -0.3 is 16.4 Å². The largest absolute Gasteiger partial charge is 0.368 e. The van der Waals surface area contributed by atoms with Crippen LogP contribution in [0.15, 0.2) is 59.4 Å². The molecule has 0 spiro atoms. The molecule has 0 aliphatic heterocycles. The Morgan fingerprint density at radius 3 is 2.79 bits per heavy atom. The molecular weight excluding hydrogens is 332 g/mol. The van der Waals surface area contributed by atoms with Gasteiger partial charge >= 0.3 is 0 Å². The number of nitrogens with one attached hydrogen (secondary N) is 2. The molecule has 1 aromatic heterocycles. The molecule has 0 aromatic carbocycles. The third-order valence-corrected chi connectivity index (χ3v) is 3.79. The second kappa shape index (κ2) is 7.06. The number of rotatable bonds is 5. The van der Waals surface area contributed by atoms with Gasteiger partial charge in [-0.25, -0.2) is 18.5 Å². The molecule has 1 heterocycles. The molecule has 1 amide bonds. The number of carbonyl (C=O) groups is 1. The Kier molecular flexibility index (Phi) is 5.11.